The van der Waals surface area contributed by atoms with E-state index in [0.717, 1.165) is 11.1 Å². The van der Waals surface area contributed by atoms with Gasteiger partial charge in [0.1, 0.15) is 0 Å². The van der Waals surface area contributed by atoms with Gasteiger partial charge in [0.05, 0.1) is 16.1 Å². The monoisotopic (exact) mass is 319 g/mol. The Morgan fingerprint density at radius 1 is 1.00 bits per heavy atom. The van der Waals surface area contributed by atoms with Gasteiger partial charge in [-0.05, 0) is 50.1 Å². The Hall–Kier alpha value is -2.34. The molecule has 0 bridgehead atoms. The summed E-state index contributed by atoms with van der Waals surface area (Å²) >= 11 is 0. The molecule has 2 N–H and O–H groups in total. The number of benzene rings is 2. The van der Waals surface area contributed by atoms with E-state index < -0.39 is 16.0 Å². The van der Waals surface area contributed by atoms with Crippen molar-refractivity contribution < 1.29 is 18.3 Å². The van der Waals surface area contributed by atoms with Crippen LogP contribution in [0.25, 0.3) is 0 Å². The molecule has 0 heterocycles. The number of sulfonamides is 1. The molecule has 0 aliphatic heterocycles. The number of carboxylic acids is 1. The number of carbonyl (C=O) groups is 1. The molecule has 0 atom stereocenters. The predicted octanol–water partition coefficient (Wildman–Crippen LogP) is 3.11. The topological polar surface area (TPSA) is 83.5 Å². The highest BCUT2D eigenvalue weighted by molar-refractivity contribution is 7.92. The van der Waals surface area contributed by atoms with Gasteiger partial charge in [-0.3, -0.25) is 4.72 Å². The van der Waals surface area contributed by atoms with Crippen molar-refractivity contribution in [3.8, 4) is 0 Å². The molecule has 0 saturated carbocycles. The lowest BCUT2D eigenvalue weighted by molar-refractivity contribution is 0.0698. The van der Waals surface area contributed by atoms with E-state index in [2.05, 4.69) is 4.72 Å². The van der Waals surface area contributed by atoms with E-state index in [4.69, 9.17) is 0 Å². The summed E-state index contributed by atoms with van der Waals surface area (Å²) < 4.78 is 27.2. The quantitative estimate of drug-likeness (QED) is 0.907. The summed E-state index contributed by atoms with van der Waals surface area (Å²) in [6.45, 7) is 5.29. The molecule has 6 heteroatoms. The van der Waals surface area contributed by atoms with E-state index in [1.54, 1.807) is 32.0 Å². The van der Waals surface area contributed by atoms with Crippen LogP contribution in [0.5, 0.6) is 0 Å². The molecule has 0 aliphatic rings. The van der Waals surface area contributed by atoms with Crippen LogP contribution in [0.4, 0.5) is 5.69 Å². The first-order valence-corrected chi connectivity index (χ1v) is 8.13. The molecular formula is C16H17NO4S. The van der Waals surface area contributed by atoms with Crippen LogP contribution in [0, 0.1) is 20.8 Å². The number of hydrogen-bond donors (Lipinski definition) is 2. The summed E-state index contributed by atoms with van der Waals surface area (Å²) in [7, 11) is -3.83. The van der Waals surface area contributed by atoms with Gasteiger partial charge in [-0.2, -0.15) is 0 Å². The highest BCUT2D eigenvalue weighted by Gasteiger charge is 2.20. The largest absolute Gasteiger partial charge is 0.478 e. The molecule has 0 unspecified atom stereocenters. The molecule has 0 amide bonds. The molecule has 0 aliphatic carbocycles. The molecule has 0 radical (unpaired) electrons. The minimum atomic E-state index is -3.83. The summed E-state index contributed by atoms with van der Waals surface area (Å²) in [6, 6.07) is 9.54. The molecule has 0 spiro atoms. The summed E-state index contributed by atoms with van der Waals surface area (Å²) in [5, 5.41) is 9.28. The average Bonchev–Trinajstić information content (AvgIpc) is 2.41. The highest BCUT2D eigenvalue weighted by Crippen LogP contribution is 2.26. The van der Waals surface area contributed by atoms with Crippen molar-refractivity contribution in [1.29, 1.82) is 0 Å². The van der Waals surface area contributed by atoms with E-state index >= 15 is 0 Å². The highest BCUT2D eigenvalue weighted by atomic mass is 32.2. The van der Waals surface area contributed by atoms with Crippen LogP contribution in [0.15, 0.2) is 41.3 Å². The first-order chi connectivity index (χ1) is 10.2. The van der Waals surface area contributed by atoms with Gasteiger partial charge in [0.15, 0.2) is 0 Å². The van der Waals surface area contributed by atoms with Gasteiger partial charge in [-0.15, -0.1) is 0 Å². The minimum absolute atomic E-state index is 0.0619. The second-order valence-electron chi connectivity index (χ2n) is 5.23. The van der Waals surface area contributed by atoms with Gasteiger partial charge in [0.2, 0.25) is 0 Å². The molecule has 0 aromatic heterocycles. The lowest BCUT2D eigenvalue weighted by Gasteiger charge is -2.14. The van der Waals surface area contributed by atoms with Crippen molar-refractivity contribution in [3.63, 3.8) is 0 Å². The van der Waals surface area contributed by atoms with Crippen LogP contribution in [-0.2, 0) is 10.0 Å². The van der Waals surface area contributed by atoms with Crippen molar-refractivity contribution in [2.75, 3.05) is 4.72 Å². The Bertz CT molecular complexity index is 824. The zero-order valence-electron chi connectivity index (χ0n) is 12.5. The molecule has 2 aromatic carbocycles. The molecule has 2 aromatic rings. The number of anilines is 1. The molecule has 0 fully saturated rings. The lowest BCUT2D eigenvalue weighted by Crippen LogP contribution is -2.17. The molecule has 0 saturated heterocycles. The Labute approximate surface area is 129 Å². The number of aromatic carboxylic acids is 1. The van der Waals surface area contributed by atoms with Gasteiger partial charge < -0.3 is 5.11 Å². The number of aryl methyl sites for hydroxylation is 3. The first-order valence-electron chi connectivity index (χ1n) is 6.65. The van der Waals surface area contributed by atoms with Crippen molar-refractivity contribution in [2.24, 2.45) is 0 Å². The number of carboxylic acid groups (broad SMARTS) is 1. The van der Waals surface area contributed by atoms with Crippen LogP contribution in [0.3, 0.4) is 0 Å². The summed E-state index contributed by atoms with van der Waals surface area (Å²) in [6.07, 6.45) is 0. The predicted molar refractivity (Wildman–Crippen MR) is 84.9 cm³/mol. The van der Waals surface area contributed by atoms with Gasteiger partial charge in [0.25, 0.3) is 10.0 Å². The van der Waals surface area contributed by atoms with Crippen LogP contribution >= 0.6 is 0 Å². The fourth-order valence-electron chi connectivity index (χ4n) is 2.18. The molecular weight excluding hydrogens is 302 g/mol. The van der Waals surface area contributed by atoms with Crippen molar-refractivity contribution in [2.45, 2.75) is 25.7 Å². The third-order valence-corrected chi connectivity index (χ3v) is 4.64. The normalized spacial score (nSPS) is 11.2. The number of hydrogen-bond acceptors (Lipinski definition) is 3. The first kappa shape index (κ1) is 16.0. The van der Waals surface area contributed by atoms with Crippen molar-refractivity contribution in [1.82, 2.24) is 0 Å². The fraction of sp³-hybridized carbons (Fsp3) is 0.188. The molecule has 2 rings (SSSR count). The van der Waals surface area contributed by atoms with Crippen LogP contribution in [-0.4, -0.2) is 19.5 Å². The zero-order valence-corrected chi connectivity index (χ0v) is 13.4. The summed E-state index contributed by atoms with van der Waals surface area (Å²) in [5.74, 6) is -1.17. The van der Waals surface area contributed by atoms with Gasteiger partial charge in [-0.25, -0.2) is 13.2 Å². The van der Waals surface area contributed by atoms with Crippen LogP contribution in [0.2, 0.25) is 0 Å². The Kier molecular flexibility index (Phi) is 4.23. The Morgan fingerprint density at radius 3 is 2.14 bits per heavy atom. The molecule has 116 valence electrons. The second kappa shape index (κ2) is 5.81. The van der Waals surface area contributed by atoms with Crippen LogP contribution in [0.1, 0.15) is 27.0 Å². The van der Waals surface area contributed by atoms with Crippen molar-refractivity contribution in [3.05, 3.63) is 58.7 Å². The van der Waals surface area contributed by atoms with E-state index in [1.165, 1.54) is 18.2 Å². The third kappa shape index (κ3) is 3.28. The lowest BCUT2D eigenvalue weighted by atomic mass is 10.0. The number of rotatable bonds is 4. The van der Waals surface area contributed by atoms with Gasteiger partial charge in [-0.1, -0.05) is 23.8 Å². The molecule has 5 nitrogen and oxygen atoms in total. The standard InChI is InChI=1S/C16H17NO4S/c1-10-4-6-13(7-5-10)22(20,21)17-15-12(3)8-11(2)9-14(15)16(18)19/h4-9,17H,1-3H3,(H,18,19). The average molecular weight is 319 g/mol. The zero-order chi connectivity index (χ0) is 16.5. The second-order valence-corrected chi connectivity index (χ2v) is 6.91. The van der Waals surface area contributed by atoms with Gasteiger partial charge >= 0.3 is 5.97 Å². The Morgan fingerprint density at radius 2 is 1.59 bits per heavy atom. The fourth-order valence-corrected chi connectivity index (χ4v) is 3.33. The van der Waals surface area contributed by atoms with Crippen LogP contribution < -0.4 is 4.72 Å². The number of nitrogens with one attached hydrogen (secondary N) is 1. The third-order valence-electron chi connectivity index (χ3n) is 3.28. The van der Waals surface area contributed by atoms with Gasteiger partial charge in [0, 0.05) is 0 Å². The van der Waals surface area contributed by atoms with E-state index in [-0.39, 0.29) is 16.1 Å². The minimum Gasteiger partial charge on any atom is -0.478 e. The maximum Gasteiger partial charge on any atom is 0.337 e. The Balaban J connectivity index is 2.50. The maximum absolute atomic E-state index is 12.4. The van der Waals surface area contributed by atoms with Crippen molar-refractivity contribution >= 4 is 21.7 Å². The molecule has 22 heavy (non-hydrogen) atoms. The SMILES string of the molecule is Cc1ccc(S(=O)(=O)Nc2c(C)cc(C)cc2C(=O)O)cc1. The van der Waals surface area contributed by atoms with E-state index in [1.807, 2.05) is 6.92 Å². The van der Waals surface area contributed by atoms with E-state index in [0.29, 0.717) is 5.56 Å². The smallest absolute Gasteiger partial charge is 0.337 e. The maximum atomic E-state index is 12.4. The summed E-state index contributed by atoms with van der Waals surface area (Å²) in [5.41, 5.74) is 2.30. The van der Waals surface area contributed by atoms with E-state index in [9.17, 15) is 18.3 Å². The summed E-state index contributed by atoms with van der Waals surface area (Å²) in [4.78, 5) is 11.5.